The van der Waals surface area contributed by atoms with Crippen LogP contribution in [-0.2, 0) is 11.2 Å². The highest BCUT2D eigenvalue weighted by atomic mass is 16.5. The predicted molar refractivity (Wildman–Crippen MR) is 63.5 cm³/mol. The van der Waals surface area contributed by atoms with Gasteiger partial charge in [0.15, 0.2) is 0 Å². The van der Waals surface area contributed by atoms with Crippen LogP contribution in [0.3, 0.4) is 0 Å². The molecule has 3 N–H and O–H groups in total. The zero-order chi connectivity index (χ0) is 13.1. The molecule has 1 heterocycles. The molecule has 1 aromatic rings. The smallest absolute Gasteiger partial charge is 0.378 e. The number of nitrogens with zero attached hydrogens (tertiary/aromatic N) is 2. The number of nitrogens with two attached hydrogens (primary N) is 1. The van der Waals surface area contributed by atoms with Crippen LogP contribution in [0.2, 0.25) is 0 Å². The molecule has 1 atom stereocenters. The number of carbonyl (C=O) groups excluding carboxylic acids is 1. The number of ether oxygens (including phenoxy) is 1. The van der Waals surface area contributed by atoms with Crippen molar-refractivity contribution < 1.29 is 9.53 Å². The van der Waals surface area contributed by atoms with E-state index in [9.17, 15) is 4.79 Å². The zero-order valence-electron chi connectivity index (χ0n) is 10.8. The molecular formula is C11H20N4O2. The lowest BCUT2D eigenvalue weighted by molar-refractivity contribution is 0.0512. The number of aromatic amines is 1. The second-order valence-corrected chi connectivity index (χ2v) is 5.00. The Kier molecular flexibility index (Phi) is 4.22. The molecule has 1 aromatic heterocycles. The first kappa shape index (κ1) is 13.6. The van der Waals surface area contributed by atoms with Gasteiger partial charge in [0.1, 0.15) is 5.82 Å². The van der Waals surface area contributed by atoms with Crippen LogP contribution in [0.1, 0.15) is 44.1 Å². The molecule has 6 heteroatoms. The molecule has 6 nitrogen and oxygen atoms in total. The van der Waals surface area contributed by atoms with E-state index in [0.29, 0.717) is 18.9 Å². The Morgan fingerprint density at radius 3 is 2.71 bits per heavy atom. The summed E-state index contributed by atoms with van der Waals surface area (Å²) in [6.07, 6.45) is 0.551. The number of hydrogen-bond donors (Lipinski definition) is 2. The molecule has 0 radical (unpaired) electrons. The summed E-state index contributed by atoms with van der Waals surface area (Å²) >= 11 is 0. The van der Waals surface area contributed by atoms with Gasteiger partial charge in [-0.25, -0.2) is 9.78 Å². The Bertz CT molecular complexity index is 381. The summed E-state index contributed by atoms with van der Waals surface area (Å²) in [5.41, 5.74) is 6.01. The van der Waals surface area contributed by atoms with E-state index in [1.807, 2.05) is 0 Å². The van der Waals surface area contributed by atoms with Crippen molar-refractivity contribution in [2.75, 3.05) is 6.61 Å². The van der Waals surface area contributed by atoms with E-state index in [1.54, 1.807) is 6.92 Å². The number of H-pyrrole nitrogens is 1. The zero-order valence-corrected chi connectivity index (χ0v) is 10.8. The Morgan fingerprint density at radius 1 is 1.53 bits per heavy atom. The van der Waals surface area contributed by atoms with Gasteiger partial charge in [-0.2, -0.15) is 0 Å². The van der Waals surface area contributed by atoms with Gasteiger partial charge in [0.25, 0.3) is 5.82 Å². The lowest BCUT2D eigenvalue weighted by atomic mass is 9.85. The average Bonchev–Trinajstić information content (AvgIpc) is 2.65. The number of hydrogen-bond acceptors (Lipinski definition) is 5. The first-order valence-corrected chi connectivity index (χ1v) is 5.68. The molecule has 0 fully saturated rings. The molecular weight excluding hydrogens is 220 g/mol. The van der Waals surface area contributed by atoms with Crippen LogP contribution in [0.15, 0.2) is 0 Å². The van der Waals surface area contributed by atoms with Crippen molar-refractivity contribution in [1.82, 2.24) is 15.2 Å². The average molecular weight is 240 g/mol. The molecule has 1 rings (SSSR count). The lowest BCUT2D eigenvalue weighted by Crippen LogP contribution is -2.37. The normalized spacial score (nSPS) is 13.5. The van der Waals surface area contributed by atoms with E-state index in [1.165, 1.54) is 0 Å². The van der Waals surface area contributed by atoms with E-state index >= 15 is 0 Å². The van der Waals surface area contributed by atoms with Crippen LogP contribution < -0.4 is 5.73 Å². The number of esters is 1. The molecule has 0 spiro atoms. The van der Waals surface area contributed by atoms with Crippen LogP contribution in [-0.4, -0.2) is 33.8 Å². The van der Waals surface area contributed by atoms with Gasteiger partial charge in [-0.3, -0.25) is 5.10 Å². The number of rotatable bonds is 4. The van der Waals surface area contributed by atoms with Gasteiger partial charge < -0.3 is 10.5 Å². The molecule has 0 saturated heterocycles. The van der Waals surface area contributed by atoms with Crippen LogP contribution in [0, 0.1) is 5.41 Å². The van der Waals surface area contributed by atoms with Crippen LogP contribution in [0.25, 0.3) is 0 Å². The van der Waals surface area contributed by atoms with Gasteiger partial charge in [0.2, 0.25) is 0 Å². The van der Waals surface area contributed by atoms with Crippen LogP contribution in [0.5, 0.6) is 0 Å². The largest absolute Gasteiger partial charge is 0.460 e. The van der Waals surface area contributed by atoms with Gasteiger partial charge in [0, 0.05) is 12.5 Å². The topological polar surface area (TPSA) is 93.9 Å². The molecule has 17 heavy (non-hydrogen) atoms. The summed E-state index contributed by atoms with van der Waals surface area (Å²) < 4.78 is 4.80. The Morgan fingerprint density at radius 2 is 2.18 bits per heavy atom. The molecule has 0 aliphatic carbocycles. The minimum absolute atomic E-state index is 0.0170. The van der Waals surface area contributed by atoms with Crippen molar-refractivity contribution in [1.29, 1.82) is 0 Å². The van der Waals surface area contributed by atoms with Gasteiger partial charge in [-0.15, -0.1) is 5.10 Å². The highest BCUT2D eigenvalue weighted by molar-refractivity contribution is 5.84. The first-order valence-electron chi connectivity index (χ1n) is 5.68. The highest BCUT2D eigenvalue weighted by Gasteiger charge is 2.23. The molecule has 0 saturated carbocycles. The van der Waals surface area contributed by atoms with Crippen molar-refractivity contribution in [2.45, 2.75) is 40.2 Å². The summed E-state index contributed by atoms with van der Waals surface area (Å²) in [5, 5.41) is 6.51. The molecule has 1 unspecified atom stereocenters. The van der Waals surface area contributed by atoms with E-state index in [2.05, 4.69) is 36.0 Å². The summed E-state index contributed by atoms with van der Waals surface area (Å²) in [6.45, 7) is 8.21. The van der Waals surface area contributed by atoms with Crippen LogP contribution in [0.4, 0.5) is 0 Å². The fourth-order valence-corrected chi connectivity index (χ4v) is 1.19. The quantitative estimate of drug-likeness (QED) is 0.762. The van der Waals surface area contributed by atoms with Crippen molar-refractivity contribution in [3.63, 3.8) is 0 Å². The molecule has 0 amide bonds. The number of nitrogens with one attached hydrogen (secondary N) is 1. The molecule has 0 aliphatic heterocycles. The van der Waals surface area contributed by atoms with E-state index < -0.39 is 5.97 Å². The van der Waals surface area contributed by atoms with Gasteiger partial charge in [0.05, 0.1) is 6.61 Å². The second-order valence-electron chi connectivity index (χ2n) is 5.00. The van der Waals surface area contributed by atoms with Crippen molar-refractivity contribution in [3.8, 4) is 0 Å². The number of carbonyl (C=O) groups is 1. The monoisotopic (exact) mass is 240 g/mol. The van der Waals surface area contributed by atoms with Crippen LogP contribution >= 0.6 is 0 Å². The van der Waals surface area contributed by atoms with E-state index in [4.69, 9.17) is 10.5 Å². The summed E-state index contributed by atoms with van der Waals surface area (Å²) in [7, 11) is 0. The number of aromatic nitrogens is 3. The van der Waals surface area contributed by atoms with Crippen molar-refractivity contribution >= 4 is 5.97 Å². The third kappa shape index (κ3) is 3.81. The summed E-state index contributed by atoms with van der Waals surface area (Å²) in [4.78, 5) is 15.4. The maximum atomic E-state index is 11.3. The standard InChI is InChI=1S/C11H20N4O2/c1-5-17-10(16)9-13-8(14-15-9)6-7(12)11(2,3)4/h7H,5-6,12H2,1-4H3,(H,13,14,15). The molecule has 0 aromatic carbocycles. The fraction of sp³-hybridized carbons (Fsp3) is 0.727. The third-order valence-electron chi connectivity index (χ3n) is 2.52. The van der Waals surface area contributed by atoms with E-state index in [0.717, 1.165) is 0 Å². The third-order valence-corrected chi connectivity index (χ3v) is 2.52. The predicted octanol–water partition coefficient (Wildman–Crippen LogP) is 0.897. The van der Waals surface area contributed by atoms with Gasteiger partial charge in [-0.1, -0.05) is 20.8 Å². The van der Waals surface area contributed by atoms with Gasteiger partial charge in [-0.05, 0) is 12.3 Å². The van der Waals surface area contributed by atoms with Crippen molar-refractivity contribution in [3.05, 3.63) is 11.6 Å². The minimum atomic E-state index is -0.515. The Balaban J connectivity index is 2.66. The first-order chi connectivity index (χ1) is 7.84. The Labute approximate surface area is 101 Å². The molecule has 96 valence electrons. The molecule has 0 bridgehead atoms. The summed E-state index contributed by atoms with van der Waals surface area (Å²) in [6, 6.07) is -0.0505. The SMILES string of the molecule is CCOC(=O)c1n[nH]c(CC(N)C(C)(C)C)n1. The maximum Gasteiger partial charge on any atom is 0.378 e. The minimum Gasteiger partial charge on any atom is -0.460 e. The summed E-state index contributed by atoms with van der Waals surface area (Å²) in [5.74, 6) is 0.151. The van der Waals surface area contributed by atoms with Gasteiger partial charge >= 0.3 is 5.97 Å². The second kappa shape index (κ2) is 5.27. The fourth-order valence-electron chi connectivity index (χ4n) is 1.19. The molecule has 0 aliphatic rings. The van der Waals surface area contributed by atoms with Crippen molar-refractivity contribution in [2.24, 2.45) is 11.1 Å². The highest BCUT2D eigenvalue weighted by Crippen LogP contribution is 2.19. The lowest BCUT2D eigenvalue weighted by Gasteiger charge is -2.25. The van der Waals surface area contributed by atoms with E-state index in [-0.39, 0.29) is 17.3 Å². The maximum absolute atomic E-state index is 11.3. The Hall–Kier alpha value is -1.43.